The van der Waals surface area contributed by atoms with Crippen molar-refractivity contribution >= 4 is 46.2 Å². The van der Waals surface area contributed by atoms with Crippen LogP contribution in [0.4, 0.5) is 5.82 Å². The Labute approximate surface area is 181 Å². The highest BCUT2D eigenvalue weighted by Crippen LogP contribution is 2.41. The molecule has 0 fully saturated rings. The average molecular weight is 440 g/mol. The number of fused-ring (bicyclic) bond motifs is 1. The van der Waals surface area contributed by atoms with Gasteiger partial charge in [-0.1, -0.05) is 58.7 Å². The fourth-order valence-electron chi connectivity index (χ4n) is 3.26. The molecule has 0 aliphatic heterocycles. The van der Waals surface area contributed by atoms with Crippen molar-refractivity contribution in [1.29, 1.82) is 0 Å². The van der Waals surface area contributed by atoms with Gasteiger partial charge in [0.2, 0.25) is 0 Å². The fourth-order valence-corrected chi connectivity index (χ4v) is 3.46. The summed E-state index contributed by atoms with van der Waals surface area (Å²) < 4.78 is 8.72. The van der Waals surface area contributed by atoms with Gasteiger partial charge in [-0.25, -0.2) is 9.78 Å². The molecule has 9 heteroatoms. The van der Waals surface area contributed by atoms with Crippen molar-refractivity contribution in [3.8, 4) is 22.4 Å². The van der Waals surface area contributed by atoms with Crippen LogP contribution in [0.15, 0.2) is 64.3 Å². The second kappa shape index (κ2) is 8.61. The van der Waals surface area contributed by atoms with E-state index in [4.69, 9.17) is 28.1 Å². The number of hydrogen-bond acceptors (Lipinski definition) is 6. The minimum Gasteiger partial charge on any atom is -0.462 e. The Morgan fingerprint density at radius 3 is 2.50 bits per heavy atom. The van der Waals surface area contributed by atoms with E-state index in [1.54, 1.807) is 19.1 Å². The molecule has 0 aliphatic rings. The predicted octanol–water partition coefficient (Wildman–Crippen LogP) is 6.36. The van der Waals surface area contributed by atoms with E-state index in [9.17, 15) is 4.79 Å². The van der Waals surface area contributed by atoms with Crippen LogP contribution in [0.1, 0.15) is 17.3 Å². The first-order valence-electron chi connectivity index (χ1n) is 9.06. The van der Waals surface area contributed by atoms with Crippen molar-refractivity contribution in [2.75, 3.05) is 6.61 Å². The number of aromatic nitrogens is 3. The summed E-state index contributed by atoms with van der Waals surface area (Å²) in [5.74, 6) is -0.228. The molecule has 30 heavy (non-hydrogen) atoms. The van der Waals surface area contributed by atoms with Gasteiger partial charge in [-0.2, -0.15) is 5.10 Å². The van der Waals surface area contributed by atoms with Gasteiger partial charge in [0.15, 0.2) is 11.5 Å². The summed E-state index contributed by atoms with van der Waals surface area (Å²) >= 11 is 11.6. The maximum atomic E-state index is 13.1. The first-order valence-corrected chi connectivity index (χ1v) is 9.78. The van der Waals surface area contributed by atoms with Crippen molar-refractivity contribution in [2.45, 2.75) is 6.92 Å². The van der Waals surface area contributed by atoms with Gasteiger partial charge in [-0.05, 0) is 24.6 Å². The smallest absolute Gasteiger partial charge is 0.341 e. The molecule has 7 nitrogen and oxygen atoms in total. The summed E-state index contributed by atoms with van der Waals surface area (Å²) in [6.07, 6.45) is 0. The largest absolute Gasteiger partial charge is 0.462 e. The highest BCUT2D eigenvalue weighted by atomic mass is 35.5. The summed E-state index contributed by atoms with van der Waals surface area (Å²) in [6, 6.07) is 16.5. The third kappa shape index (κ3) is 3.65. The number of carbonyl (C=O) groups excluding carboxylic acids is 1. The quantitative estimate of drug-likeness (QED) is 0.289. The molecule has 0 saturated carbocycles. The maximum Gasteiger partial charge on any atom is 0.341 e. The maximum absolute atomic E-state index is 13.1. The van der Waals surface area contributed by atoms with Gasteiger partial charge in [-0.15, -0.1) is 5.11 Å². The summed E-state index contributed by atoms with van der Waals surface area (Å²) in [5, 5.41) is 12.0. The fraction of sp³-hybridized carbons (Fsp3) is 0.0952. The Morgan fingerprint density at radius 1 is 1.10 bits per heavy atom. The molecule has 0 aliphatic carbocycles. The first-order chi connectivity index (χ1) is 14.6. The zero-order valence-electron chi connectivity index (χ0n) is 15.8. The van der Waals surface area contributed by atoms with E-state index in [1.165, 1.54) is 0 Å². The van der Waals surface area contributed by atoms with Gasteiger partial charge in [0.05, 0.1) is 35.0 Å². The van der Waals surface area contributed by atoms with E-state index in [-0.39, 0.29) is 12.4 Å². The van der Waals surface area contributed by atoms with Crippen LogP contribution in [0.5, 0.6) is 0 Å². The van der Waals surface area contributed by atoms with E-state index in [0.717, 1.165) is 11.1 Å². The van der Waals surface area contributed by atoms with Gasteiger partial charge >= 0.3 is 5.97 Å². The lowest BCUT2D eigenvalue weighted by molar-refractivity contribution is 0.0528. The minimum atomic E-state index is -0.509. The minimum absolute atomic E-state index is 0.213. The number of carbonyl (C=O) groups is 1. The normalized spacial score (nSPS) is 11.3. The molecule has 0 spiro atoms. The van der Waals surface area contributed by atoms with Gasteiger partial charge in [0.1, 0.15) is 0 Å². The number of nitrogens with zero attached hydrogens (tertiary/aromatic N) is 4. The van der Waals surface area contributed by atoms with Crippen molar-refractivity contribution < 1.29 is 9.53 Å². The van der Waals surface area contributed by atoms with Crippen LogP contribution in [0.3, 0.4) is 0 Å². The van der Waals surface area contributed by atoms with Gasteiger partial charge in [-0.3, -0.25) is 5.10 Å². The molecule has 0 bridgehead atoms. The molecule has 150 valence electrons. The number of H-pyrrole nitrogens is 1. The summed E-state index contributed by atoms with van der Waals surface area (Å²) in [6.45, 7) is 1.96. The lowest BCUT2D eigenvalue weighted by Gasteiger charge is -2.15. The third-order valence-corrected chi connectivity index (χ3v) is 4.81. The van der Waals surface area contributed by atoms with Crippen molar-refractivity contribution in [1.82, 2.24) is 15.2 Å². The molecule has 0 radical (unpaired) electrons. The summed E-state index contributed by atoms with van der Waals surface area (Å²) in [4.78, 5) is 17.8. The zero-order chi connectivity index (χ0) is 21.1. The van der Waals surface area contributed by atoms with E-state index in [2.05, 4.69) is 24.9 Å². The monoisotopic (exact) mass is 439 g/mol. The van der Waals surface area contributed by atoms with E-state index < -0.39 is 5.97 Å². The second-order valence-electron chi connectivity index (χ2n) is 6.25. The average Bonchev–Trinajstić information content (AvgIpc) is 3.17. The number of halogens is 2. The predicted molar refractivity (Wildman–Crippen MR) is 116 cm³/mol. The zero-order valence-corrected chi connectivity index (χ0v) is 17.3. The number of rotatable bonds is 5. The third-order valence-electron chi connectivity index (χ3n) is 4.48. The number of ether oxygens (including phenoxy) is 1. The molecule has 2 aromatic heterocycles. The Hall–Kier alpha value is -3.29. The molecule has 2 heterocycles. The van der Waals surface area contributed by atoms with E-state index >= 15 is 0 Å². The topological polar surface area (TPSA) is 92.6 Å². The lowest BCUT2D eigenvalue weighted by Crippen LogP contribution is -2.10. The van der Waals surface area contributed by atoms with Crippen LogP contribution in [-0.2, 0) is 4.74 Å². The molecule has 0 unspecified atom stereocenters. The number of pyridine rings is 1. The van der Waals surface area contributed by atoms with Gasteiger partial charge < -0.3 is 4.74 Å². The molecule has 0 atom stereocenters. The number of esters is 1. The molecule has 4 aromatic rings. The number of aromatic amines is 1. The van der Waals surface area contributed by atoms with Crippen molar-refractivity contribution in [3.05, 3.63) is 65.2 Å². The number of hydrogen-bond donors (Lipinski definition) is 1. The Balaban J connectivity index is 2.16. The number of benzene rings is 2. The van der Waals surface area contributed by atoms with Crippen LogP contribution in [-0.4, -0.2) is 27.8 Å². The van der Waals surface area contributed by atoms with Gasteiger partial charge in [0, 0.05) is 16.1 Å². The molecule has 2 aromatic carbocycles. The molecule has 0 saturated heterocycles. The molecule has 4 rings (SSSR count). The highest BCUT2D eigenvalue weighted by molar-refractivity contribution is 6.30. The summed E-state index contributed by atoms with van der Waals surface area (Å²) in [7, 11) is 0. The molecule has 1 N–H and O–H groups in total. The van der Waals surface area contributed by atoms with Crippen LogP contribution in [0.25, 0.3) is 33.4 Å². The number of nitrogens with one attached hydrogen (secondary N) is 1. The summed E-state index contributed by atoms with van der Waals surface area (Å²) in [5.41, 5.74) is 3.14. The highest BCUT2D eigenvalue weighted by Gasteiger charge is 2.27. The Morgan fingerprint density at radius 2 is 1.83 bits per heavy atom. The van der Waals surface area contributed by atoms with Gasteiger partial charge in [0.25, 0.3) is 0 Å². The van der Waals surface area contributed by atoms with Crippen LogP contribution >= 0.6 is 23.4 Å². The van der Waals surface area contributed by atoms with Crippen LogP contribution in [0.2, 0.25) is 5.02 Å². The molecular formula is C21H15Cl2N5O2. The SMILES string of the molecule is CCOC(=O)c1c(-c2ccccc2)nc2n[nH]c(/N=N/Cl)c2c1-c1ccc(Cl)cc1. The standard InChI is InChI=1S/C21H15Cl2N5O2/c1-2-30-21(29)16-15(12-8-10-14(22)11-9-12)17-19(25-26-20(17)27-28-23)24-18(16)13-6-4-3-5-7-13/h3-11H,2H2,1H3,(H,24,25,26)/b28-27+. The van der Waals surface area contributed by atoms with Crippen LogP contribution in [0, 0.1) is 0 Å². The first kappa shape index (κ1) is 20.0. The molecule has 0 amide bonds. The van der Waals surface area contributed by atoms with Crippen molar-refractivity contribution in [3.63, 3.8) is 0 Å². The molecular weight excluding hydrogens is 425 g/mol. The van der Waals surface area contributed by atoms with Crippen LogP contribution < -0.4 is 0 Å². The Bertz CT molecular complexity index is 1240. The van der Waals surface area contributed by atoms with Crippen molar-refractivity contribution in [2.24, 2.45) is 9.75 Å². The van der Waals surface area contributed by atoms with E-state index in [1.807, 2.05) is 42.5 Å². The Kier molecular flexibility index (Phi) is 5.74. The second-order valence-corrected chi connectivity index (χ2v) is 6.84. The van der Waals surface area contributed by atoms with E-state index in [0.29, 0.717) is 32.9 Å². The lowest BCUT2D eigenvalue weighted by atomic mass is 9.93.